The molecule has 2 fully saturated rings. The van der Waals surface area contributed by atoms with Crippen molar-refractivity contribution in [1.29, 1.82) is 0 Å². The molecule has 3 aliphatic rings. The number of nitrogens with one attached hydrogen (secondary N) is 1. The molecule has 4 heterocycles. The third-order valence-electron chi connectivity index (χ3n) is 6.84. The number of anilines is 2. The minimum absolute atomic E-state index is 0.0918. The van der Waals surface area contributed by atoms with Crippen LogP contribution >= 0.6 is 0 Å². The highest BCUT2D eigenvalue weighted by Crippen LogP contribution is 2.39. The van der Waals surface area contributed by atoms with Gasteiger partial charge in [0.2, 0.25) is 5.91 Å². The van der Waals surface area contributed by atoms with E-state index in [-0.39, 0.29) is 6.04 Å². The molecule has 1 aliphatic carbocycles. The molecule has 1 saturated heterocycles. The molecule has 7 heteroatoms. The predicted octanol–water partition coefficient (Wildman–Crippen LogP) is 3.14. The quantitative estimate of drug-likeness (QED) is 0.703. The molecule has 1 amide bonds. The minimum atomic E-state index is 0.0918. The smallest absolute Gasteiger partial charge is 0.225 e. The van der Waals surface area contributed by atoms with Gasteiger partial charge in [0.05, 0.1) is 11.7 Å². The number of likely N-dealkylation sites (tertiary alicyclic amines) is 1. The summed E-state index contributed by atoms with van der Waals surface area (Å²) in [6.45, 7) is 1.63. The number of aromatic nitrogens is 3. The molecule has 6 rings (SSSR count). The fraction of sp³-hybridized carbons (Fsp3) is 0.435. The van der Waals surface area contributed by atoms with Crippen LogP contribution in [0.15, 0.2) is 36.7 Å². The Morgan fingerprint density at radius 3 is 2.70 bits per heavy atom. The number of benzene rings is 1. The Hall–Kier alpha value is -3.09. The molecule has 2 aliphatic heterocycles. The fourth-order valence-corrected chi connectivity index (χ4v) is 5.06. The van der Waals surface area contributed by atoms with Gasteiger partial charge < -0.3 is 16.0 Å². The van der Waals surface area contributed by atoms with Crippen LogP contribution in [0.5, 0.6) is 0 Å². The number of carbonyl (C=O) groups excluding carboxylic acids is 1. The fourth-order valence-electron chi connectivity index (χ4n) is 5.06. The molecule has 1 saturated carbocycles. The third kappa shape index (κ3) is 2.83. The van der Waals surface area contributed by atoms with Gasteiger partial charge >= 0.3 is 0 Å². The van der Waals surface area contributed by atoms with Gasteiger partial charge in [-0.15, -0.1) is 0 Å². The van der Waals surface area contributed by atoms with Crippen LogP contribution in [0, 0.1) is 5.92 Å². The van der Waals surface area contributed by atoms with Crippen LogP contribution in [-0.2, 0) is 11.2 Å². The molecule has 3 aromatic rings. The van der Waals surface area contributed by atoms with Gasteiger partial charge in [0, 0.05) is 49.4 Å². The van der Waals surface area contributed by atoms with Crippen molar-refractivity contribution in [3.8, 4) is 0 Å². The number of piperidine rings is 1. The second kappa shape index (κ2) is 6.72. The van der Waals surface area contributed by atoms with E-state index in [1.807, 2.05) is 6.20 Å². The van der Waals surface area contributed by atoms with Crippen LogP contribution < -0.4 is 11.1 Å². The van der Waals surface area contributed by atoms with Gasteiger partial charge in [-0.05, 0) is 37.3 Å². The first-order chi connectivity index (χ1) is 14.7. The van der Waals surface area contributed by atoms with Crippen LogP contribution in [0.3, 0.4) is 0 Å². The van der Waals surface area contributed by atoms with E-state index in [1.165, 1.54) is 11.3 Å². The van der Waals surface area contributed by atoms with E-state index >= 15 is 0 Å². The number of nitrogens with two attached hydrogens (primary N) is 1. The first-order valence-corrected chi connectivity index (χ1v) is 10.9. The summed E-state index contributed by atoms with van der Waals surface area (Å²) in [5.41, 5.74) is 10.7. The van der Waals surface area contributed by atoms with E-state index in [0.29, 0.717) is 23.6 Å². The Labute approximate surface area is 175 Å². The Kier molecular flexibility index (Phi) is 3.97. The van der Waals surface area contributed by atoms with E-state index in [2.05, 4.69) is 43.9 Å². The van der Waals surface area contributed by atoms with Crippen molar-refractivity contribution in [2.75, 3.05) is 24.1 Å². The largest absolute Gasteiger partial charge is 0.382 e. The Balaban J connectivity index is 1.31. The van der Waals surface area contributed by atoms with Gasteiger partial charge in [-0.3, -0.25) is 9.20 Å². The molecule has 154 valence electrons. The van der Waals surface area contributed by atoms with Crippen molar-refractivity contribution >= 4 is 22.9 Å². The lowest BCUT2D eigenvalue weighted by atomic mass is 9.95. The number of hydrogen-bond acceptors (Lipinski definition) is 5. The van der Waals surface area contributed by atoms with Crippen molar-refractivity contribution < 1.29 is 4.79 Å². The van der Waals surface area contributed by atoms with Crippen molar-refractivity contribution in [1.82, 2.24) is 19.3 Å². The summed E-state index contributed by atoms with van der Waals surface area (Å²) in [7, 11) is 0. The van der Waals surface area contributed by atoms with Crippen LogP contribution in [0.1, 0.15) is 54.7 Å². The Morgan fingerprint density at radius 2 is 1.93 bits per heavy atom. The molecule has 0 spiro atoms. The molecule has 3 N–H and O–H groups in total. The molecule has 1 unspecified atom stereocenters. The maximum atomic E-state index is 12.4. The summed E-state index contributed by atoms with van der Waals surface area (Å²) in [5.74, 6) is 2.53. The number of rotatable bonds is 3. The zero-order valence-corrected chi connectivity index (χ0v) is 16.9. The van der Waals surface area contributed by atoms with E-state index in [0.717, 1.165) is 62.2 Å². The first-order valence-electron chi connectivity index (χ1n) is 10.9. The lowest BCUT2D eigenvalue weighted by molar-refractivity contribution is -0.133. The van der Waals surface area contributed by atoms with Crippen LogP contribution in [0.4, 0.5) is 11.5 Å². The van der Waals surface area contributed by atoms with Gasteiger partial charge in [0.15, 0.2) is 0 Å². The number of fused-ring (bicyclic) bond motifs is 2. The van der Waals surface area contributed by atoms with Gasteiger partial charge in [-0.1, -0.05) is 18.2 Å². The highest BCUT2D eigenvalue weighted by atomic mass is 16.2. The van der Waals surface area contributed by atoms with Gasteiger partial charge in [0.25, 0.3) is 0 Å². The minimum Gasteiger partial charge on any atom is -0.382 e. The normalized spacial score (nSPS) is 21.6. The van der Waals surface area contributed by atoms with Crippen LogP contribution in [0.25, 0.3) is 5.52 Å². The van der Waals surface area contributed by atoms with Gasteiger partial charge in [0.1, 0.15) is 17.2 Å². The topological polar surface area (TPSA) is 88.5 Å². The lowest BCUT2D eigenvalue weighted by Gasteiger charge is -2.31. The molecule has 30 heavy (non-hydrogen) atoms. The molecular weight excluding hydrogens is 376 g/mol. The molecular formula is C23H26N6O. The molecule has 2 aromatic heterocycles. The average molecular weight is 403 g/mol. The predicted molar refractivity (Wildman–Crippen MR) is 115 cm³/mol. The third-order valence-corrected chi connectivity index (χ3v) is 6.84. The number of imidazole rings is 1. The van der Waals surface area contributed by atoms with E-state index in [9.17, 15) is 4.79 Å². The maximum Gasteiger partial charge on any atom is 0.225 e. The zero-order chi connectivity index (χ0) is 20.2. The molecule has 1 atom stereocenters. The van der Waals surface area contributed by atoms with Crippen molar-refractivity contribution in [3.63, 3.8) is 0 Å². The highest BCUT2D eigenvalue weighted by molar-refractivity contribution is 5.81. The molecule has 0 bridgehead atoms. The molecule has 0 radical (unpaired) electrons. The van der Waals surface area contributed by atoms with Gasteiger partial charge in [-0.2, -0.15) is 0 Å². The summed E-state index contributed by atoms with van der Waals surface area (Å²) < 4.78 is 2.13. The maximum absolute atomic E-state index is 12.4. The molecule has 1 aromatic carbocycles. The first kappa shape index (κ1) is 17.7. The summed E-state index contributed by atoms with van der Waals surface area (Å²) in [6.07, 6.45) is 8.63. The van der Waals surface area contributed by atoms with Gasteiger partial charge in [-0.25, -0.2) is 9.97 Å². The Morgan fingerprint density at radius 1 is 1.13 bits per heavy atom. The molecule has 7 nitrogen and oxygen atoms in total. The SMILES string of the molecule is Nc1nccn2c(C3CCN(C(=O)C4CC4)CC3)nc(C3Cc4ccccc4N3)c12. The van der Waals surface area contributed by atoms with Crippen LogP contribution in [-0.4, -0.2) is 38.3 Å². The average Bonchev–Trinajstić information content (AvgIpc) is 3.41. The number of carbonyl (C=O) groups is 1. The number of amides is 1. The second-order valence-corrected chi connectivity index (χ2v) is 8.82. The summed E-state index contributed by atoms with van der Waals surface area (Å²) >= 11 is 0. The summed E-state index contributed by atoms with van der Waals surface area (Å²) in [6, 6.07) is 8.50. The van der Waals surface area contributed by atoms with Crippen molar-refractivity contribution in [3.05, 3.63) is 53.7 Å². The standard InChI is InChI=1S/C23H26N6O/c24-21-20-19(18-13-16-3-1-2-4-17(16)26-18)27-22(29(20)12-9-25-21)14-7-10-28(11-8-14)23(30)15-5-6-15/h1-4,9,12,14-15,18,26H,5-8,10-11,13H2,(H2,24,25). The lowest BCUT2D eigenvalue weighted by Crippen LogP contribution is -2.39. The summed E-state index contributed by atoms with van der Waals surface area (Å²) in [5, 5.41) is 3.62. The number of para-hydroxylation sites is 1. The highest BCUT2D eigenvalue weighted by Gasteiger charge is 2.36. The monoisotopic (exact) mass is 402 g/mol. The van der Waals surface area contributed by atoms with Crippen molar-refractivity contribution in [2.45, 2.75) is 44.1 Å². The summed E-state index contributed by atoms with van der Waals surface area (Å²) in [4.78, 5) is 23.9. The van der Waals surface area contributed by atoms with E-state index in [1.54, 1.807) is 6.20 Å². The second-order valence-electron chi connectivity index (χ2n) is 8.82. The number of nitrogen functional groups attached to an aromatic ring is 1. The van der Waals surface area contributed by atoms with E-state index in [4.69, 9.17) is 10.7 Å². The Bertz CT molecular complexity index is 1100. The van der Waals surface area contributed by atoms with E-state index < -0.39 is 0 Å². The van der Waals surface area contributed by atoms with Crippen molar-refractivity contribution in [2.24, 2.45) is 5.92 Å². The number of nitrogens with zero attached hydrogens (tertiary/aromatic N) is 4. The number of hydrogen-bond donors (Lipinski definition) is 2. The van der Waals surface area contributed by atoms with Crippen LogP contribution in [0.2, 0.25) is 0 Å². The zero-order valence-electron chi connectivity index (χ0n) is 16.9.